The van der Waals surface area contributed by atoms with Crippen LogP contribution in [0.1, 0.15) is 17.4 Å². The van der Waals surface area contributed by atoms with Crippen molar-refractivity contribution in [3.63, 3.8) is 0 Å². The van der Waals surface area contributed by atoms with Crippen LogP contribution in [-0.4, -0.2) is 20.2 Å². The van der Waals surface area contributed by atoms with E-state index in [1.165, 1.54) is 0 Å². The summed E-state index contributed by atoms with van der Waals surface area (Å²) in [4.78, 5) is 0. The molecule has 0 aliphatic carbocycles. The molecule has 3 aromatic rings. The number of nitrogens with one attached hydrogen (secondary N) is 1. The van der Waals surface area contributed by atoms with Gasteiger partial charge in [-0.1, -0.05) is 28.8 Å². The number of halogens is 1. The Labute approximate surface area is 125 Å². The number of hydrogen-bond acceptors (Lipinski definition) is 5. The van der Waals surface area contributed by atoms with Gasteiger partial charge in [-0.25, -0.2) is 0 Å². The summed E-state index contributed by atoms with van der Waals surface area (Å²) < 4.78 is 7.17. The summed E-state index contributed by atoms with van der Waals surface area (Å²) >= 11 is 5.93. The van der Waals surface area contributed by atoms with Crippen molar-refractivity contribution in [2.45, 2.75) is 6.04 Å². The van der Waals surface area contributed by atoms with Gasteiger partial charge in [-0.05, 0) is 46.3 Å². The van der Waals surface area contributed by atoms with Crippen LogP contribution >= 0.6 is 11.6 Å². The van der Waals surface area contributed by atoms with Crippen molar-refractivity contribution in [3.8, 4) is 0 Å². The van der Waals surface area contributed by atoms with E-state index in [1.807, 2.05) is 42.5 Å². The first-order valence-corrected chi connectivity index (χ1v) is 6.75. The highest BCUT2D eigenvalue weighted by Gasteiger charge is 2.25. The molecule has 104 valence electrons. The number of allylic oxidation sites excluding steroid dienone is 1. The maximum Gasteiger partial charge on any atom is 0.248 e. The number of furan rings is 1. The lowest BCUT2D eigenvalue weighted by molar-refractivity contribution is 0.443. The number of aromatic nitrogens is 4. The lowest BCUT2D eigenvalue weighted by Crippen LogP contribution is -2.19. The smallest absolute Gasteiger partial charge is 0.248 e. The maximum atomic E-state index is 5.93. The van der Waals surface area contributed by atoms with Crippen LogP contribution in [0.4, 0.5) is 5.95 Å². The van der Waals surface area contributed by atoms with Crippen molar-refractivity contribution < 1.29 is 4.42 Å². The summed E-state index contributed by atoms with van der Waals surface area (Å²) in [6, 6.07) is 11.1. The molecule has 1 N–H and O–H groups in total. The molecular weight excluding hydrogens is 290 g/mol. The van der Waals surface area contributed by atoms with Gasteiger partial charge in [-0.2, -0.15) is 4.68 Å². The molecule has 0 fully saturated rings. The van der Waals surface area contributed by atoms with Crippen LogP contribution in [0.25, 0.3) is 5.70 Å². The predicted octanol–water partition coefficient (Wildman–Crippen LogP) is 2.98. The number of benzene rings is 1. The molecule has 1 atom stereocenters. The van der Waals surface area contributed by atoms with Gasteiger partial charge in [0.2, 0.25) is 5.95 Å². The second-order valence-electron chi connectivity index (χ2n) is 4.62. The highest BCUT2D eigenvalue weighted by atomic mass is 35.5. The number of tetrazole rings is 1. The minimum Gasteiger partial charge on any atom is -0.467 e. The molecule has 0 spiro atoms. The van der Waals surface area contributed by atoms with Gasteiger partial charge in [-0.3, -0.25) is 0 Å². The van der Waals surface area contributed by atoms with E-state index in [0.717, 1.165) is 17.0 Å². The maximum absolute atomic E-state index is 5.93. The van der Waals surface area contributed by atoms with E-state index in [1.54, 1.807) is 10.9 Å². The van der Waals surface area contributed by atoms with E-state index in [9.17, 15) is 0 Å². The molecule has 1 aromatic carbocycles. The summed E-state index contributed by atoms with van der Waals surface area (Å²) in [7, 11) is 0. The SMILES string of the molecule is Clc1ccc(C2=C[C@H](c3ccco3)n3nnnc3N2)cc1. The van der Waals surface area contributed by atoms with Crippen molar-refractivity contribution >= 4 is 23.2 Å². The number of fused-ring (bicyclic) bond motifs is 1. The molecule has 1 aliphatic heterocycles. The Morgan fingerprint density at radius 3 is 2.81 bits per heavy atom. The van der Waals surface area contributed by atoms with E-state index in [-0.39, 0.29) is 6.04 Å². The van der Waals surface area contributed by atoms with Crippen molar-refractivity contribution in [1.29, 1.82) is 0 Å². The number of nitrogens with zero attached hydrogens (tertiary/aromatic N) is 4. The van der Waals surface area contributed by atoms with Crippen molar-refractivity contribution in [2.75, 3.05) is 5.32 Å². The zero-order chi connectivity index (χ0) is 14.2. The molecule has 0 saturated carbocycles. The fraction of sp³-hybridized carbons (Fsp3) is 0.0714. The van der Waals surface area contributed by atoms with Gasteiger partial charge in [0, 0.05) is 10.7 Å². The van der Waals surface area contributed by atoms with Crippen LogP contribution < -0.4 is 5.32 Å². The summed E-state index contributed by atoms with van der Waals surface area (Å²) in [5, 5.41) is 15.6. The van der Waals surface area contributed by atoms with Gasteiger partial charge in [0.1, 0.15) is 11.8 Å². The third-order valence-corrected chi connectivity index (χ3v) is 3.57. The molecule has 0 amide bonds. The van der Waals surface area contributed by atoms with Crippen LogP contribution in [0.2, 0.25) is 5.02 Å². The monoisotopic (exact) mass is 299 g/mol. The molecule has 0 radical (unpaired) electrons. The molecule has 0 bridgehead atoms. The van der Waals surface area contributed by atoms with Crippen LogP contribution in [0.5, 0.6) is 0 Å². The summed E-state index contributed by atoms with van der Waals surface area (Å²) in [6.07, 6.45) is 3.66. The fourth-order valence-electron chi connectivity index (χ4n) is 2.31. The van der Waals surface area contributed by atoms with Crippen molar-refractivity contribution in [3.05, 3.63) is 65.1 Å². The van der Waals surface area contributed by atoms with Gasteiger partial charge in [0.05, 0.1) is 6.26 Å². The lowest BCUT2D eigenvalue weighted by Gasteiger charge is -2.21. The Kier molecular flexibility index (Phi) is 2.75. The summed E-state index contributed by atoms with van der Waals surface area (Å²) in [6.45, 7) is 0. The molecule has 0 saturated heterocycles. The van der Waals surface area contributed by atoms with Crippen LogP contribution in [0, 0.1) is 0 Å². The Morgan fingerprint density at radius 2 is 2.05 bits per heavy atom. The molecule has 2 aromatic heterocycles. The highest BCUT2D eigenvalue weighted by molar-refractivity contribution is 6.30. The van der Waals surface area contributed by atoms with E-state index < -0.39 is 0 Å². The molecule has 0 unspecified atom stereocenters. The quantitative estimate of drug-likeness (QED) is 0.788. The van der Waals surface area contributed by atoms with Gasteiger partial charge in [0.25, 0.3) is 0 Å². The van der Waals surface area contributed by atoms with E-state index in [0.29, 0.717) is 11.0 Å². The second kappa shape index (κ2) is 4.75. The largest absolute Gasteiger partial charge is 0.467 e. The van der Waals surface area contributed by atoms with Gasteiger partial charge in [0.15, 0.2) is 0 Å². The average Bonchev–Trinajstić information content (AvgIpc) is 3.18. The first-order chi connectivity index (χ1) is 10.3. The zero-order valence-electron chi connectivity index (χ0n) is 10.8. The van der Waals surface area contributed by atoms with Gasteiger partial charge in [-0.15, -0.1) is 0 Å². The van der Waals surface area contributed by atoms with Gasteiger partial charge < -0.3 is 9.73 Å². The van der Waals surface area contributed by atoms with Crippen LogP contribution in [0.15, 0.2) is 53.2 Å². The first kappa shape index (κ1) is 12.2. The Hall–Kier alpha value is -2.60. The number of anilines is 1. The molecular formula is C14H10ClN5O. The minimum atomic E-state index is -0.183. The zero-order valence-corrected chi connectivity index (χ0v) is 11.5. The molecule has 7 heteroatoms. The van der Waals surface area contributed by atoms with Crippen molar-refractivity contribution in [1.82, 2.24) is 20.2 Å². The standard InChI is InChI=1S/C14H10ClN5O/c15-10-5-3-9(4-6-10)11-8-12(13-2-1-7-21-13)20-14(16-11)17-18-19-20/h1-8,12H,(H,16,17,19)/t12-/m1/s1. The topological polar surface area (TPSA) is 68.8 Å². The number of rotatable bonds is 2. The van der Waals surface area contributed by atoms with Gasteiger partial charge >= 0.3 is 0 Å². The molecule has 3 heterocycles. The van der Waals surface area contributed by atoms with E-state index >= 15 is 0 Å². The van der Waals surface area contributed by atoms with Crippen LogP contribution in [0.3, 0.4) is 0 Å². The first-order valence-electron chi connectivity index (χ1n) is 6.37. The normalized spacial score (nSPS) is 17.0. The van der Waals surface area contributed by atoms with E-state index in [2.05, 4.69) is 20.8 Å². The highest BCUT2D eigenvalue weighted by Crippen LogP contribution is 2.31. The molecule has 1 aliphatic rings. The predicted molar refractivity (Wildman–Crippen MR) is 77.7 cm³/mol. The summed E-state index contributed by atoms with van der Waals surface area (Å²) in [5.74, 6) is 1.35. The van der Waals surface area contributed by atoms with E-state index in [4.69, 9.17) is 16.0 Å². The van der Waals surface area contributed by atoms with Crippen molar-refractivity contribution in [2.24, 2.45) is 0 Å². The Bertz CT molecular complexity index is 791. The molecule has 21 heavy (non-hydrogen) atoms. The Balaban J connectivity index is 1.80. The molecule has 4 rings (SSSR count). The molecule has 6 nitrogen and oxygen atoms in total. The summed E-state index contributed by atoms with van der Waals surface area (Å²) in [5.41, 5.74) is 1.92. The third kappa shape index (κ3) is 2.09. The fourth-order valence-corrected chi connectivity index (χ4v) is 2.44. The third-order valence-electron chi connectivity index (χ3n) is 3.32. The average molecular weight is 300 g/mol. The Morgan fingerprint density at radius 1 is 1.19 bits per heavy atom. The minimum absolute atomic E-state index is 0.183. The van der Waals surface area contributed by atoms with Crippen LogP contribution in [-0.2, 0) is 0 Å². The second-order valence-corrected chi connectivity index (χ2v) is 5.06. The number of hydrogen-bond donors (Lipinski definition) is 1. The lowest BCUT2D eigenvalue weighted by atomic mass is 10.1.